The fraction of sp³-hybridized carbons (Fsp3) is 0.611. The number of nitrogens with zero attached hydrogens (tertiary/aromatic N) is 3. The van der Waals surface area contributed by atoms with Crippen LogP contribution in [0.25, 0.3) is 0 Å². The number of fused-ring (bicyclic) bond motifs is 1. The van der Waals surface area contributed by atoms with Gasteiger partial charge in [-0.25, -0.2) is 13.1 Å². The van der Waals surface area contributed by atoms with E-state index in [2.05, 4.69) is 19.9 Å². The van der Waals surface area contributed by atoms with Gasteiger partial charge in [0.05, 0.1) is 9.82 Å². The zero-order valence-corrected chi connectivity index (χ0v) is 16.8. The lowest BCUT2D eigenvalue weighted by molar-refractivity contribution is -0.385. The van der Waals surface area contributed by atoms with Gasteiger partial charge in [-0.05, 0) is 30.7 Å². The highest BCUT2D eigenvalue weighted by Crippen LogP contribution is 2.35. The molecule has 154 valence electrons. The number of guanidine groups is 1. The molecule has 10 heteroatoms. The van der Waals surface area contributed by atoms with Gasteiger partial charge in [-0.15, -0.1) is 0 Å². The van der Waals surface area contributed by atoms with E-state index in [9.17, 15) is 18.5 Å². The Hall–Kier alpha value is -2.20. The number of nitro groups is 1. The van der Waals surface area contributed by atoms with E-state index in [4.69, 9.17) is 0 Å². The Bertz CT molecular complexity index is 828. The van der Waals surface area contributed by atoms with Crippen LogP contribution in [0.5, 0.6) is 0 Å². The minimum Gasteiger partial charge on any atom is -0.355 e. The summed E-state index contributed by atoms with van der Waals surface area (Å²) in [5.41, 5.74) is -0.253. The van der Waals surface area contributed by atoms with Crippen molar-refractivity contribution in [2.45, 2.75) is 30.6 Å². The summed E-state index contributed by atoms with van der Waals surface area (Å²) in [5.74, 6) is 2.27. The average molecular weight is 410 g/mol. The lowest BCUT2D eigenvalue weighted by Gasteiger charge is -2.22. The standard InChI is InChI=1S/C18H27N5O4S/c1-19-18(22-12-14-5-2-3-6-15(14)13-22)20-9-10-21-28(26,27)17-8-4-7-16(11-17)23(24)25/h4,7-8,11,14-15,21H,2-3,5-6,9-10,12-13H2,1H3,(H,19,20). The van der Waals surface area contributed by atoms with Crippen LogP contribution in [-0.2, 0) is 10.0 Å². The summed E-state index contributed by atoms with van der Waals surface area (Å²) in [5, 5.41) is 14.0. The van der Waals surface area contributed by atoms with Crippen molar-refractivity contribution < 1.29 is 13.3 Å². The lowest BCUT2D eigenvalue weighted by Crippen LogP contribution is -2.43. The lowest BCUT2D eigenvalue weighted by atomic mass is 9.82. The number of nitro benzene ring substituents is 1. The zero-order chi connectivity index (χ0) is 20.1. The molecule has 2 aliphatic rings. The number of sulfonamides is 1. The van der Waals surface area contributed by atoms with Gasteiger partial charge in [0.1, 0.15) is 0 Å². The highest BCUT2D eigenvalue weighted by atomic mass is 32.2. The highest BCUT2D eigenvalue weighted by molar-refractivity contribution is 7.89. The van der Waals surface area contributed by atoms with Gasteiger partial charge in [0.15, 0.2) is 5.96 Å². The van der Waals surface area contributed by atoms with Crippen LogP contribution in [-0.4, -0.2) is 57.4 Å². The third-order valence-corrected chi connectivity index (χ3v) is 6.99. The van der Waals surface area contributed by atoms with Crippen molar-refractivity contribution in [3.8, 4) is 0 Å². The molecule has 1 aliphatic carbocycles. The smallest absolute Gasteiger partial charge is 0.270 e. The minimum absolute atomic E-state index is 0.116. The Labute approximate surface area is 165 Å². The average Bonchev–Trinajstić information content (AvgIpc) is 3.12. The molecule has 0 amide bonds. The molecule has 1 aromatic rings. The number of aliphatic imine (C=N–C) groups is 1. The van der Waals surface area contributed by atoms with E-state index in [1.54, 1.807) is 7.05 Å². The van der Waals surface area contributed by atoms with Crippen LogP contribution in [0.1, 0.15) is 25.7 Å². The fourth-order valence-corrected chi connectivity index (χ4v) is 5.19. The molecule has 1 aromatic carbocycles. The van der Waals surface area contributed by atoms with Crippen LogP contribution in [0, 0.1) is 22.0 Å². The van der Waals surface area contributed by atoms with Crippen molar-refractivity contribution in [1.29, 1.82) is 0 Å². The van der Waals surface area contributed by atoms with Crippen LogP contribution in [0.15, 0.2) is 34.2 Å². The van der Waals surface area contributed by atoms with Crippen molar-refractivity contribution in [3.05, 3.63) is 34.4 Å². The maximum Gasteiger partial charge on any atom is 0.270 e. The summed E-state index contributed by atoms with van der Waals surface area (Å²) < 4.78 is 27.2. The van der Waals surface area contributed by atoms with E-state index in [1.165, 1.54) is 43.9 Å². The van der Waals surface area contributed by atoms with Crippen LogP contribution < -0.4 is 10.0 Å². The zero-order valence-electron chi connectivity index (χ0n) is 16.0. The van der Waals surface area contributed by atoms with E-state index in [-0.39, 0.29) is 17.1 Å². The Balaban J connectivity index is 1.50. The minimum atomic E-state index is -3.81. The number of benzene rings is 1. The fourth-order valence-electron chi connectivity index (χ4n) is 4.12. The first kappa shape index (κ1) is 20.5. The van der Waals surface area contributed by atoms with Crippen molar-refractivity contribution in [2.24, 2.45) is 16.8 Å². The van der Waals surface area contributed by atoms with Gasteiger partial charge in [0, 0.05) is 45.4 Å². The van der Waals surface area contributed by atoms with E-state index in [0.29, 0.717) is 6.54 Å². The Morgan fingerprint density at radius 1 is 1.25 bits per heavy atom. The molecule has 0 aromatic heterocycles. The van der Waals surface area contributed by atoms with Gasteiger partial charge in [-0.1, -0.05) is 18.9 Å². The molecule has 28 heavy (non-hydrogen) atoms. The third-order valence-electron chi connectivity index (χ3n) is 5.53. The molecule has 2 N–H and O–H groups in total. The Morgan fingerprint density at radius 3 is 2.54 bits per heavy atom. The summed E-state index contributed by atoms with van der Waals surface area (Å²) in [6.45, 7) is 2.55. The monoisotopic (exact) mass is 409 g/mol. The summed E-state index contributed by atoms with van der Waals surface area (Å²) in [6.07, 6.45) is 5.17. The molecule has 3 rings (SSSR count). The second-order valence-corrected chi connectivity index (χ2v) is 9.10. The first-order chi connectivity index (χ1) is 13.4. The number of hydrogen-bond donors (Lipinski definition) is 2. The van der Waals surface area contributed by atoms with Gasteiger partial charge in [0.2, 0.25) is 10.0 Å². The predicted octanol–water partition coefficient (Wildman–Crippen LogP) is 1.57. The highest BCUT2D eigenvalue weighted by Gasteiger charge is 2.35. The van der Waals surface area contributed by atoms with Crippen molar-refractivity contribution >= 4 is 21.7 Å². The molecule has 0 spiro atoms. The van der Waals surface area contributed by atoms with E-state index in [1.807, 2.05) is 0 Å². The van der Waals surface area contributed by atoms with Gasteiger partial charge in [-0.3, -0.25) is 15.1 Å². The summed E-state index contributed by atoms with van der Waals surface area (Å²) in [4.78, 5) is 16.7. The Morgan fingerprint density at radius 2 is 1.93 bits per heavy atom. The van der Waals surface area contributed by atoms with E-state index < -0.39 is 14.9 Å². The maximum absolute atomic E-state index is 12.3. The van der Waals surface area contributed by atoms with Crippen LogP contribution in [0.4, 0.5) is 5.69 Å². The first-order valence-electron chi connectivity index (χ1n) is 9.60. The largest absolute Gasteiger partial charge is 0.355 e. The molecule has 1 aliphatic heterocycles. The molecule has 2 fully saturated rings. The molecular weight excluding hydrogens is 382 g/mol. The molecular formula is C18H27N5O4S. The molecule has 0 radical (unpaired) electrons. The van der Waals surface area contributed by atoms with Crippen LogP contribution in [0.2, 0.25) is 0 Å². The van der Waals surface area contributed by atoms with Crippen molar-refractivity contribution in [2.75, 3.05) is 33.2 Å². The number of nitrogens with one attached hydrogen (secondary N) is 2. The number of non-ortho nitro benzene ring substituents is 1. The number of likely N-dealkylation sites (tertiary alicyclic amines) is 1. The van der Waals surface area contributed by atoms with E-state index >= 15 is 0 Å². The SMILES string of the molecule is CN=C(NCCNS(=O)(=O)c1cccc([N+](=O)[O-])c1)N1CC2CCCCC2C1. The topological polar surface area (TPSA) is 117 Å². The molecule has 1 saturated heterocycles. The summed E-state index contributed by atoms with van der Waals surface area (Å²) in [6, 6.07) is 5.02. The molecule has 0 bridgehead atoms. The Kier molecular flexibility index (Phi) is 6.50. The molecule has 1 heterocycles. The summed E-state index contributed by atoms with van der Waals surface area (Å²) >= 11 is 0. The van der Waals surface area contributed by atoms with E-state index in [0.717, 1.165) is 37.0 Å². The summed E-state index contributed by atoms with van der Waals surface area (Å²) in [7, 11) is -2.07. The van der Waals surface area contributed by atoms with Gasteiger partial charge < -0.3 is 10.2 Å². The molecule has 1 saturated carbocycles. The van der Waals surface area contributed by atoms with Crippen molar-refractivity contribution in [3.63, 3.8) is 0 Å². The number of hydrogen-bond acceptors (Lipinski definition) is 5. The van der Waals surface area contributed by atoms with Gasteiger partial charge in [-0.2, -0.15) is 0 Å². The molecule has 2 unspecified atom stereocenters. The number of rotatable bonds is 6. The van der Waals surface area contributed by atoms with Crippen LogP contribution >= 0.6 is 0 Å². The molecule has 2 atom stereocenters. The van der Waals surface area contributed by atoms with Gasteiger partial charge in [0.25, 0.3) is 5.69 Å². The van der Waals surface area contributed by atoms with Crippen molar-refractivity contribution in [1.82, 2.24) is 14.9 Å². The normalized spacial score (nSPS) is 22.8. The maximum atomic E-state index is 12.3. The molecule has 9 nitrogen and oxygen atoms in total. The predicted molar refractivity (Wildman–Crippen MR) is 107 cm³/mol. The quantitative estimate of drug-likeness (QED) is 0.242. The first-order valence-corrected chi connectivity index (χ1v) is 11.1. The van der Waals surface area contributed by atoms with Crippen LogP contribution in [0.3, 0.4) is 0 Å². The van der Waals surface area contributed by atoms with Gasteiger partial charge >= 0.3 is 0 Å². The third kappa shape index (κ3) is 4.79. The second-order valence-electron chi connectivity index (χ2n) is 7.34. The second kappa shape index (κ2) is 8.87.